The number of ether oxygens (including phenoxy) is 1. The standard InChI is InChI=1S/C33H40O/c1-3-7-27-20-22-33(23-21-27)34-25-31-18-14-29(15-19-31)11-10-28-12-16-30(17-13-28)24-26(2)32-8-5-4-6-9-32/h4-6,8-19,26-27,33H,3,7,20-25H2,1-2H3/t26-,27?,33?/m0/s1. The number of hydrogen-bond acceptors (Lipinski definition) is 1. The van der Waals surface area contributed by atoms with E-state index in [0.717, 1.165) is 18.9 Å². The second kappa shape index (κ2) is 12.7. The van der Waals surface area contributed by atoms with Crippen LogP contribution in [0.15, 0.2) is 78.9 Å². The topological polar surface area (TPSA) is 9.23 Å². The Kier molecular flexibility index (Phi) is 9.16. The molecule has 1 aliphatic carbocycles. The Balaban J connectivity index is 1.23. The molecule has 0 bridgehead atoms. The molecular weight excluding hydrogens is 412 g/mol. The molecule has 1 fully saturated rings. The molecule has 3 aromatic carbocycles. The first kappa shape index (κ1) is 24.5. The van der Waals surface area contributed by atoms with Crippen LogP contribution in [0.25, 0.3) is 12.2 Å². The van der Waals surface area contributed by atoms with E-state index < -0.39 is 0 Å². The van der Waals surface area contributed by atoms with Crippen LogP contribution in [0.3, 0.4) is 0 Å². The zero-order chi connectivity index (χ0) is 23.6. The summed E-state index contributed by atoms with van der Waals surface area (Å²) in [5.74, 6) is 1.46. The van der Waals surface area contributed by atoms with Crippen LogP contribution in [0.2, 0.25) is 0 Å². The lowest BCUT2D eigenvalue weighted by atomic mass is 9.85. The SMILES string of the molecule is CCCC1CCC(OCc2ccc(C=Cc3ccc(C[C@H](C)c4ccccc4)cc3)cc2)CC1. The minimum absolute atomic E-state index is 0.450. The summed E-state index contributed by atoms with van der Waals surface area (Å²) >= 11 is 0. The van der Waals surface area contributed by atoms with Crippen LogP contribution in [0.1, 0.15) is 86.1 Å². The highest BCUT2D eigenvalue weighted by Gasteiger charge is 2.20. The lowest BCUT2D eigenvalue weighted by Gasteiger charge is -2.28. The van der Waals surface area contributed by atoms with Crippen LogP contribution in [-0.2, 0) is 17.8 Å². The smallest absolute Gasteiger partial charge is 0.0720 e. The molecule has 1 atom stereocenters. The van der Waals surface area contributed by atoms with E-state index >= 15 is 0 Å². The third kappa shape index (κ3) is 7.43. The van der Waals surface area contributed by atoms with E-state index in [1.165, 1.54) is 66.3 Å². The van der Waals surface area contributed by atoms with Gasteiger partial charge in [-0.1, -0.05) is 118 Å². The molecule has 0 aliphatic heterocycles. The molecule has 0 unspecified atom stereocenters. The van der Waals surface area contributed by atoms with E-state index in [4.69, 9.17) is 4.74 Å². The summed E-state index contributed by atoms with van der Waals surface area (Å²) in [6.07, 6.45) is 13.8. The second-order valence-electron chi connectivity index (χ2n) is 10.1. The maximum atomic E-state index is 6.21. The van der Waals surface area contributed by atoms with E-state index in [1.807, 2.05) is 0 Å². The fourth-order valence-electron chi connectivity index (χ4n) is 5.14. The summed E-state index contributed by atoms with van der Waals surface area (Å²) in [5, 5.41) is 0. The first-order chi connectivity index (χ1) is 16.7. The molecule has 178 valence electrons. The molecule has 1 aliphatic rings. The highest BCUT2D eigenvalue weighted by molar-refractivity contribution is 5.69. The van der Waals surface area contributed by atoms with Gasteiger partial charge >= 0.3 is 0 Å². The Bertz CT molecular complexity index is 993. The van der Waals surface area contributed by atoms with Crippen LogP contribution in [0.5, 0.6) is 0 Å². The summed E-state index contributed by atoms with van der Waals surface area (Å²) in [4.78, 5) is 0. The Morgan fingerprint density at radius 3 is 1.94 bits per heavy atom. The summed E-state index contributed by atoms with van der Waals surface area (Å²) in [6.45, 7) is 5.33. The molecule has 34 heavy (non-hydrogen) atoms. The van der Waals surface area contributed by atoms with Gasteiger partial charge in [0.1, 0.15) is 0 Å². The fourth-order valence-corrected chi connectivity index (χ4v) is 5.14. The molecule has 0 saturated heterocycles. The Labute approximate surface area is 206 Å². The molecule has 1 heteroatoms. The lowest BCUT2D eigenvalue weighted by Crippen LogP contribution is -2.21. The van der Waals surface area contributed by atoms with Gasteiger partial charge in [-0.25, -0.2) is 0 Å². The molecular formula is C33H40O. The van der Waals surface area contributed by atoms with Crippen LogP contribution in [0, 0.1) is 5.92 Å². The van der Waals surface area contributed by atoms with Crippen molar-refractivity contribution in [3.8, 4) is 0 Å². The van der Waals surface area contributed by atoms with E-state index in [9.17, 15) is 0 Å². The minimum atomic E-state index is 0.450. The summed E-state index contributed by atoms with van der Waals surface area (Å²) < 4.78 is 6.21. The van der Waals surface area contributed by atoms with Gasteiger partial charge in [0.05, 0.1) is 12.7 Å². The number of hydrogen-bond donors (Lipinski definition) is 0. The van der Waals surface area contributed by atoms with Crippen LogP contribution in [-0.4, -0.2) is 6.10 Å². The van der Waals surface area contributed by atoms with Crippen LogP contribution >= 0.6 is 0 Å². The van der Waals surface area contributed by atoms with Crippen molar-refractivity contribution in [1.82, 2.24) is 0 Å². The molecule has 3 aromatic rings. The monoisotopic (exact) mass is 452 g/mol. The highest BCUT2D eigenvalue weighted by atomic mass is 16.5. The molecule has 0 aromatic heterocycles. The summed E-state index contributed by atoms with van der Waals surface area (Å²) in [7, 11) is 0. The lowest BCUT2D eigenvalue weighted by molar-refractivity contribution is 0.00631. The van der Waals surface area contributed by atoms with Crippen molar-refractivity contribution >= 4 is 12.2 Å². The fraction of sp³-hybridized carbons (Fsp3) is 0.394. The van der Waals surface area contributed by atoms with Gasteiger partial charge in [0.15, 0.2) is 0 Å². The normalized spacial score (nSPS) is 19.4. The third-order valence-electron chi connectivity index (χ3n) is 7.31. The predicted molar refractivity (Wildman–Crippen MR) is 146 cm³/mol. The van der Waals surface area contributed by atoms with E-state index in [0.29, 0.717) is 12.0 Å². The first-order valence-electron chi connectivity index (χ1n) is 13.2. The molecule has 4 rings (SSSR count). The minimum Gasteiger partial charge on any atom is -0.374 e. The Morgan fingerprint density at radius 2 is 1.35 bits per heavy atom. The van der Waals surface area contributed by atoms with Crippen molar-refractivity contribution in [2.75, 3.05) is 0 Å². The zero-order valence-corrected chi connectivity index (χ0v) is 21.0. The van der Waals surface area contributed by atoms with Crippen LogP contribution < -0.4 is 0 Å². The Hall–Kier alpha value is -2.64. The molecule has 0 radical (unpaired) electrons. The average molecular weight is 453 g/mol. The number of benzene rings is 3. The maximum absolute atomic E-state index is 6.21. The Morgan fingerprint density at radius 1 is 0.765 bits per heavy atom. The van der Waals surface area contributed by atoms with Gasteiger partial charge in [-0.15, -0.1) is 0 Å². The number of rotatable bonds is 10. The molecule has 1 saturated carbocycles. The quantitative estimate of drug-likeness (QED) is 0.279. The average Bonchev–Trinajstić information content (AvgIpc) is 2.89. The van der Waals surface area contributed by atoms with Gasteiger partial charge in [0.25, 0.3) is 0 Å². The van der Waals surface area contributed by atoms with Crippen LogP contribution in [0.4, 0.5) is 0 Å². The molecule has 1 nitrogen and oxygen atoms in total. The summed E-state index contributed by atoms with van der Waals surface area (Å²) in [6, 6.07) is 28.5. The van der Waals surface area contributed by atoms with Gasteiger partial charge in [-0.2, -0.15) is 0 Å². The van der Waals surface area contributed by atoms with Crippen molar-refractivity contribution in [2.24, 2.45) is 5.92 Å². The van der Waals surface area contributed by atoms with Gasteiger partial charge in [0.2, 0.25) is 0 Å². The van der Waals surface area contributed by atoms with Crippen molar-refractivity contribution in [2.45, 2.75) is 77.4 Å². The zero-order valence-electron chi connectivity index (χ0n) is 21.0. The van der Waals surface area contributed by atoms with Gasteiger partial charge < -0.3 is 4.74 Å². The van der Waals surface area contributed by atoms with Crippen molar-refractivity contribution in [3.63, 3.8) is 0 Å². The molecule has 0 spiro atoms. The van der Waals surface area contributed by atoms with Gasteiger partial charge in [-0.05, 0) is 71.8 Å². The van der Waals surface area contributed by atoms with Gasteiger partial charge in [-0.3, -0.25) is 0 Å². The predicted octanol–water partition coefficient (Wildman–Crippen LogP) is 9.08. The van der Waals surface area contributed by atoms with Crippen molar-refractivity contribution in [3.05, 3.63) is 107 Å². The van der Waals surface area contributed by atoms with E-state index in [-0.39, 0.29) is 0 Å². The summed E-state index contributed by atoms with van der Waals surface area (Å²) in [5.41, 5.74) is 6.52. The van der Waals surface area contributed by atoms with Crippen molar-refractivity contribution < 1.29 is 4.74 Å². The van der Waals surface area contributed by atoms with Gasteiger partial charge in [0, 0.05) is 0 Å². The van der Waals surface area contributed by atoms with E-state index in [1.54, 1.807) is 0 Å². The maximum Gasteiger partial charge on any atom is 0.0720 e. The highest BCUT2D eigenvalue weighted by Crippen LogP contribution is 2.29. The molecule has 0 heterocycles. The van der Waals surface area contributed by atoms with Crippen molar-refractivity contribution in [1.29, 1.82) is 0 Å². The largest absolute Gasteiger partial charge is 0.374 e. The van der Waals surface area contributed by atoms with E-state index in [2.05, 4.69) is 105 Å². The molecule has 0 amide bonds. The second-order valence-corrected chi connectivity index (χ2v) is 10.1. The molecule has 0 N–H and O–H groups in total. The third-order valence-corrected chi connectivity index (χ3v) is 7.31. The first-order valence-corrected chi connectivity index (χ1v) is 13.2.